The fourth-order valence-electron chi connectivity index (χ4n) is 1.28. The lowest BCUT2D eigenvalue weighted by molar-refractivity contribution is 0.176. The molecule has 0 fully saturated rings. The van der Waals surface area contributed by atoms with Gasteiger partial charge < -0.3 is 10.4 Å². The molecule has 1 aromatic heterocycles. The van der Waals surface area contributed by atoms with Crippen LogP contribution in [0.25, 0.3) is 0 Å². The second-order valence-electron chi connectivity index (χ2n) is 5.05. The molecule has 0 radical (unpaired) electrons. The molecule has 0 saturated carbocycles. The van der Waals surface area contributed by atoms with Crippen LogP contribution in [0, 0.1) is 5.41 Å². The minimum absolute atomic E-state index is 0.357. The van der Waals surface area contributed by atoms with Crippen molar-refractivity contribution < 1.29 is 5.11 Å². The summed E-state index contributed by atoms with van der Waals surface area (Å²) in [6.07, 6.45) is 0.773. The van der Waals surface area contributed by atoms with E-state index in [0.717, 1.165) is 17.8 Å². The molecule has 0 aliphatic rings. The first-order valence-corrected chi connectivity index (χ1v) is 6.29. The van der Waals surface area contributed by atoms with Gasteiger partial charge in [0.1, 0.15) is 6.10 Å². The summed E-state index contributed by atoms with van der Waals surface area (Å²) in [5, 5.41) is 15.1. The molecule has 0 spiro atoms. The highest BCUT2D eigenvalue weighted by Crippen LogP contribution is 2.19. The van der Waals surface area contributed by atoms with Crippen LogP contribution in [0.1, 0.15) is 38.2 Å². The molecule has 0 aromatic carbocycles. The third-order valence-electron chi connectivity index (χ3n) is 2.26. The number of thiophene rings is 1. The van der Waals surface area contributed by atoms with E-state index in [9.17, 15) is 5.11 Å². The highest BCUT2D eigenvalue weighted by atomic mass is 32.1. The zero-order chi connectivity index (χ0) is 11.3. The van der Waals surface area contributed by atoms with E-state index in [1.165, 1.54) is 0 Å². The van der Waals surface area contributed by atoms with Crippen LogP contribution in [-0.2, 0) is 0 Å². The van der Waals surface area contributed by atoms with Gasteiger partial charge in [-0.2, -0.15) is 0 Å². The van der Waals surface area contributed by atoms with Gasteiger partial charge >= 0.3 is 0 Å². The zero-order valence-corrected chi connectivity index (χ0v) is 10.6. The SMILES string of the molecule is CC(C)(C)CCNCC(O)c1cccs1. The molecule has 1 unspecified atom stereocenters. The largest absolute Gasteiger partial charge is 0.386 e. The van der Waals surface area contributed by atoms with Gasteiger partial charge in [-0.05, 0) is 29.8 Å². The van der Waals surface area contributed by atoms with Crippen molar-refractivity contribution in [1.82, 2.24) is 5.32 Å². The smallest absolute Gasteiger partial charge is 0.101 e. The van der Waals surface area contributed by atoms with E-state index in [1.54, 1.807) is 11.3 Å². The lowest BCUT2D eigenvalue weighted by Gasteiger charge is -2.18. The number of hydrogen-bond acceptors (Lipinski definition) is 3. The summed E-state index contributed by atoms with van der Waals surface area (Å²) in [6.45, 7) is 8.29. The van der Waals surface area contributed by atoms with Crippen molar-refractivity contribution in [3.63, 3.8) is 0 Å². The number of nitrogens with one attached hydrogen (secondary N) is 1. The van der Waals surface area contributed by atoms with Crippen molar-refractivity contribution in [1.29, 1.82) is 0 Å². The van der Waals surface area contributed by atoms with E-state index < -0.39 is 0 Å². The van der Waals surface area contributed by atoms with Crippen molar-refractivity contribution in [2.75, 3.05) is 13.1 Å². The van der Waals surface area contributed by atoms with Gasteiger partial charge in [-0.1, -0.05) is 26.8 Å². The van der Waals surface area contributed by atoms with Gasteiger partial charge in [0.25, 0.3) is 0 Å². The average molecular weight is 227 g/mol. The van der Waals surface area contributed by atoms with Gasteiger partial charge in [-0.3, -0.25) is 0 Å². The fraction of sp³-hybridized carbons (Fsp3) is 0.667. The summed E-state index contributed by atoms with van der Waals surface area (Å²) >= 11 is 1.60. The van der Waals surface area contributed by atoms with Crippen LogP contribution in [0.5, 0.6) is 0 Å². The maximum absolute atomic E-state index is 9.79. The lowest BCUT2D eigenvalue weighted by Crippen LogP contribution is -2.25. The zero-order valence-electron chi connectivity index (χ0n) is 9.79. The standard InChI is InChI=1S/C12H21NOS/c1-12(2,3)6-7-13-9-10(14)11-5-4-8-15-11/h4-5,8,10,13-14H,6-7,9H2,1-3H3. The highest BCUT2D eigenvalue weighted by molar-refractivity contribution is 7.10. The first kappa shape index (κ1) is 12.7. The summed E-state index contributed by atoms with van der Waals surface area (Å²) in [5.41, 5.74) is 0.362. The third kappa shape index (κ3) is 5.30. The van der Waals surface area contributed by atoms with Gasteiger partial charge in [0.2, 0.25) is 0 Å². The average Bonchev–Trinajstić information content (AvgIpc) is 2.63. The van der Waals surface area contributed by atoms with Gasteiger partial charge in [0.15, 0.2) is 0 Å². The molecule has 0 bridgehead atoms. The van der Waals surface area contributed by atoms with Crippen LogP contribution < -0.4 is 5.32 Å². The molecule has 1 aromatic rings. The number of aliphatic hydroxyl groups is 1. The Balaban J connectivity index is 2.16. The Bertz CT molecular complexity index is 264. The van der Waals surface area contributed by atoms with E-state index in [0.29, 0.717) is 12.0 Å². The number of aliphatic hydroxyl groups excluding tert-OH is 1. The van der Waals surface area contributed by atoms with Gasteiger partial charge in [0, 0.05) is 11.4 Å². The van der Waals surface area contributed by atoms with Crippen molar-refractivity contribution in [3.8, 4) is 0 Å². The fourth-order valence-corrected chi connectivity index (χ4v) is 2.00. The van der Waals surface area contributed by atoms with Crippen LogP contribution in [0.3, 0.4) is 0 Å². The Morgan fingerprint density at radius 2 is 2.20 bits per heavy atom. The molecule has 1 heterocycles. The predicted molar refractivity (Wildman–Crippen MR) is 66.2 cm³/mol. The molecule has 0 amide bonds. The highest BCUT2D eigenvalue weighted by Gasteiger charge is 2.11. The molecule has 2 N–H and O–H groups in total. The maximum atomic E-state index is 9.79. The number of rotatable bonds is 5. The second kappa shape index (κ2) is 5.64. The molecule has 0 aliphatic carbocycles. The molecular weight excluding hydrogens is 206 g/mol. The van der Waals surface area contributed by atoms with Crippen LogP contribution in [0.4, 0.5) is 0 Å². The van der Waals surface area contributed by atoms with Crippen LogP contribution in [0.15, 0.2) is 17.5 Å². The van der Waals surface area contributed by atoms with Crippen molar-refractivity contribution >= 4 is 11.3 Å². The Morgan fingerprint density at radius 1 is 1.47 bits per heavy atom. The van der Waals surface area contributed by atoms with Gasteiger partial charge in [-0.25, -0.2) is 0 Å². The molecular formula is C12H21NOS. The summed E-state index contributed by atoms with van der Waals surface area (Å²) in [7, 11) is 0. The quantitative estimate of drug-likeness (QED) is 0.758. The minimum atomic E-state index is -0.357. The Labute approximate surface area is 96.3 Å². The summed E-state index contributed by atoms with van der Waals surface area (Å²) in [4.78, 5) is 1.04. The first-order valence-electron chi connectivity index (χ1n) is 5.41. The van der Waals surface area contributed by atoms with E-state index >= 15 is 0 Å². The lowest BCUT2D eigenvalue weighted by atomic mass is 9.92. The minimum Gasteiger partial charge on any atom is -0.386 e. The van der Waals surface area contributed by atoms with Gasteiger partial charge in [0.05, 0.1) is 0 Å². The van der Waals surface area contributed by atoms with Gasteiger partial charge in [-0.15, -0.1) is 11.3 Å². The van der Waals surface area contributed by atoms with Crippen LogP contribution >= 0.6 is 11.3 Å². The van der Waals surface area contributed by atoms with E-state index in [1.807, 2.05) is 17.5 Å². The first-order chi connectivity index (χ1) is 6.99. The van der Waals surface area contributed by atoms with E-state index in [4.69, 9.17) is 0 Å². The Morgan fingerprint density at radius 3 is 2.73 bits per heavy atom. The van der Waals surface area contributed by atoms with Crippen molar-refractivity contribution in [3.05, 3.63) is 22.4 Å². The molecule has 2 nitrogen and oxygen atoms in total. The van der Waals surface area contributed by atoms with Crippen LogP contribution in [0.2, 0.25) is 0 Å². The van der Waals surface area contributed by atoms with Crippen molar-refractivity contribution in [2.24, 2.45) is 5.41 Å². The summed E-state index contributed by atoms with van der Waals surface area (Å²) in [5.74, 6) is 0. The van der Waals surface area contributed by atoms with Crippen molar-refractivity contribution in [2.45, 2.75) is 33.3 Å². The molecule has 0 saturated heterocycles. The Hall–Kier alpha value is -0.380. The predicted octanol–water partition coefficient (Wildman–Crippen LogP) is 2.81. The van der Waals surface area contributed by atoms with E-state index in [2.05, 4.69) is 26.1 Å². The Kier molecular flexibility index (Phi) is 4.77. The molecule has 15 heavy (non-hydrogen) atoms. The monoisotopic (exact) mass is 227 g/mol. The molecule has 0 aliphatic heterocycles. The normalized spacial score (nSPS) is 14.1. The van der Waals surface area contributed by atoms with E-state index in [-0.39, 0.29) is 6.10 Å². The molecule has 3 heteroatoms. The topological polar surface area (TPSA) is 32.3 Å². The molecule has 1 atom stereocenters. The van der Waals surface area contributed by atoms with Crippen LogP contribution in [-0.4, -0.2) is 18.2 Å². The molecule has 86 valence electrons. The second-order valence-corrected chi connectivity index (χ2v) is 6.03. The summed E-state index contributed by atoms with van der Waals surface area (Å²) in [6, 6.07) is 3.94. The summed E-state index contributed by atoms with van der Waals surface area (Å²) < 4.78 is 0. The number of hydrogen-bond donors (Lipinski definition) is 2. The maximum Gasteiger partial charge on any atom is 0.101 e. The molecule has 1 rings (SSSR count). The third-order valence-corrected chi connectivity index (χ3v) is 3.23.